The number of amides is 2. The first-order valence-corrected chi connectivity index (χ1v) is 9.05. The van der Waals surface area contributed by atoms with Crippen molar-refractivity contribution < 1.29 is 18.7 Å². The second-order valence-electron chi connectivity index (χ2n) is 6.70. The van der Waals surface area contributed by atoms with Crippen molar-refractivity contribution in [2.45, 2.75) is 32.2 Å². The van der Waals surface area contributed by atoms with E-state index in [2.05, 4.69) is 5.32 Å². The predicted octanol–water partition coefficient (Wildman–Crippen LogP) is 3.53. The van der Waals surface area contributed by atoms with Gasteiger partial charge in [0.05, 0.1) is 6.61 Å². The fourth-order valence-electron chi connectivity index (χ4n) is 3.01. The van der Waals surface area contributed by atoms with Crippen LogP contribution in [-0.2, 0) is 22.6 Å². The topological polar surface area (TPSA) is 58.6 Å². The van der Waals surface area contributed by atoms with Crippen LogP contribution < -0.4 is 10.1 Å². The van der Waals surface area contributed by atoms with E-state index in [1.807, 2.05) is 18.2 Å². The molecular formula is C21H23FN2O3. The third-order valence-corrected chi connectivity index (χ3v) is 4.53. The molecule has 0 aromatic heterocycles. The number of hydrogen-bond donors (Lipinski definition) is 1. The van der Waals surface area contributed by atoms with E-state index < -0.39 is 0 Å². The van der Waals surface area contributed by atoms with Crippen LogP contribution in [0.25, 0.3) is 0 Å². The Morgan fingerprint density at radius 1 is 1.19 bits per heavy atom. The molecule has 1 aliphatic heterocycles. The van der Waals surface area contributed by atoms with E-state index in [-0.39, 0.29) is 17.6 Å². The van der Waals surface area contributed by atoms with Gasteiger partial charge >= 0.3 is 0 Å². The van der Waals surface area contributed by atoms with Crippen molar-refractivity contribution in [3.05, 3.63) is 59.4 Å². The first kappa shape index (κ1) is 18.9. The monoisotopic (exact) mass is 370 g/mol. The number of ether oxygens (including phenoxy) is 1. The molecule has 0 unspecified atom stereocenters. The Balaban J connectivity index is 1.41. The van der Waals surface area contributed by atoms with Gasteiger partial charge in [-0.15, -0.1) is 0 Å². The van der Waals surface area contributed by atoms with Crippen LogP contribution in [0.5, 0.6) is 5.75 Å². The second-order valence-corrected chi connectivity index (χ2v) is 6.70. The molecule has 2 amide bonds. The Morgan fingerprint density at radius 2 is 1.96 bits per heavy atom. The van der Waals surface area contributed by atoms with Crippen molar-refractivity contribution >= 4 is 17.5 Å². The van der Waals surface area contributed by atoms with Crippen LogP contribution in [0, 0.1) is 5.82 Å². The number of hydrogen-bond acceptors (Lipinski definition) is 3. The molecular weight excluding hydrogens is 347 g/mol. The molecule has 6 heteroatoms. The molecule has 1 heterocycles. The number of halogens is 1. The van der Waals surface area contributed by atoms with E-state index in [1.165, 1.54) is 12.1 Å². The maximum absolute atomic E-state index is 12.9. The average molecular weight is 370 g/mol. The molecule has 1 N–H and O–H groups in total. The average Bonchev–Trinajstić information content (AvgIpc) is 2.66. The zero-order valence-electron chi connectivity index (χ0n) is 15.3. The third-order valence-electron chi connectivity index (χ3n) is 4.53. The normalized spacial score (nSPS) is 12.9. The minimum absolute atomic E-state index is 0.0241. The molecule has 0 aliphatic carbocycles. The Hall–Kier alpha value is -2.89. The van der Waals surface area contributed by atoms with E-state index in [4.69, 9.17) is 4.74 Å². The molecule has 0 spiro atoms. The first-order valence-electron chi connectivity index (χ1n) is 9.05. The Kier molecular flexibility index (Phi) is 6.06. The number of nitrogens with one attached hydrogen (secondary N) is 1. The van der Waals surface area contributed by atoms with Gasteiger partial charge in [0.25, 0.3) is 0 Å². The minimum atomic E-state index is -0.283. The molecule has 142 valence electrons. The highest BCUT2D eigenvalue weighted by molar-refractivity contribution is 5.94. The van der Waals surface area contributed by atoms with E-state index in [0.717, 1.165) is 22.6 Å². The Morgan fingerprint density at radius 3 is 2.74 bits per heavy atom. The summed E-state index contributed by atoms with van der Waals surface area (Å²) in [5.41, 5.74) is 2.81. The molecule has 0 fully saturated rings. The fraction of sp³-hybridized carbons (Fsp3) is 0.333. The number of anilines is 1. The summed E-state index contributed by atoms with van der Waals surface area (Å²) >= 11 is 0. The molecule has 0 bridgehead atoms. The van der Waals surface area contributed by atoms with E-state index >= 15 is 0 Å². The molecule has 2 aromatic rings. The SMILES string of the molecule is CN(Cc1ccc(F)cc1)C(=O)CCCOc1ccc2c(c1)CCC(=O)N2. The number of nitrogens with zero attached hydrogens (tertiary/aromatic N) is 1. The molecule has 1 aliphatic rings. The van der Waals surface area contributed by atoms with E-state index in [9.17, 15) is 14.0 Å². The lowest BCUT2D eigenvalue weighted by Gasteiger charge is -2.18. The standard InChI is InChI=1S/C21H23FN2O3/c1-24(14-15-4-7-17(22)8-5-15)21(26)3-2-12-27-18-9-10-19-16(13-18)6-11-20(25)23-19/h4-5,7-10,13H,2-3,6,11-12,14H2,1H3,(H,23,25). The predicted molar refractivity (Wildman–Crippen MR) is 101 cm³/mol. The van der Waals surface area contributed by atoms with Gasteiger partial charge in [0.1, 0.15) is 11.6 Å². The highest BCUT2D eigenvalue weighted by Gasteiger charge is 2.15. The van der Waals surface area contributed by atoms with Gasteiger partial charge in [-0.3, -0.25) is 9.59 Å². The van der Waals surface area contributed by atoms with Crippen molar-refractivity contribution in [1.82, 2.24) is 4.90 Å². The Labute approximate surface area is 158 Å². The summed E-state index contributed by atoms with van der Waals surface area (Å²) in [5.74, 6) is 0.530. The lowest BCUT2D eigenvalue weighted by Crippen LogP contribution is -2.26. The lowest BCUT2D eigenvalue weighted by molar-refractivity contribution is -0.130. The minimum Gasteiger partial charge on any atom is -0.494 e. The van der Waals surface area contributed by atoms with Gasteiger partial charge in [0, 0.05) is 32.1 Å². The molecule has 27 heavy (non-hydrogen) atoms. The number of benzene rings is 2. The van der Waals surface area contributed by atoms with Gasteiger partial charge in [-0.25, -0.2) is 4.39 Å². The van der Waals surface area contributed by atoms with Crippen LogP contribution in [0.4, 0.5) is 10.1 Å². The summed E-state index contributed by atoms with van der Waals surface area (Å²) in [6, 6.07) is 11.8. The number of carbonyl (C=O) groups is 2. The molecule has 3 rings (SSSR count). The van der Waals surface area contributed by atoms with Gasteiger partial charge < -0.3 is 15.0 Å². The summed E-state index contributed by atoms with van der Waals surface area (Å²) in [6.07, 6.45) is 2.20. The first-order chi connectivity index (χ1) is 13.0. The largest absolute Gasteiger partial charge is 0.494 e. The van der Waals surface area contributed by atoms with Crippen LogP contribution in [0.3, 0.4) is 0 Å². The number of fused-ring (bicyclic) bond motifs is 1. The van der Waals surface area contributed by atoms with Crippen molar-refractivity contribution in [2.75, 3.05) is 19.0 Å². The third kappa shape index (κ3) is 5.29. The molecule has 0 atom stereocenters. The summed E-state index contributed by atoms with van der Waals surface area (Å²) < 4.78 is 18.7. The van der Waals surface area contributed by atoms with Crippen molar-refractivity contribution in [2.24, 2.45) is 0 Å². The maximum Gasteiger partial charge on any atom is 0.224 e. The van der Waals surface area contributed by atoms with Crippen LogP contribution in [0.1, 0.15) is 30.4 Å². The maximum atomic E-state index is 12.9. The quantitative estimate of drug-likeness (QED) is 0.759. The zero-order valence-corrected chi connectivity index (χ0v) is 15.3. The summed E-state index contributed by atoms with van der Waals surface area (Å²) in [5, 5.41) is 2.84. The number of rotatable bonds is 7. The highest BCUT2D eigenvalue weighted by atomic mass is 19.1. The van der Waals surface area contributed by atoms with Crippen LogP contribution >= 0.6 is 0 Å². The van der Waals surface area contributed by atoms with Crippen LogP contribution in [-0.4, -0.2) is 30.4 Å². The Bertz CT molecular complexity index is 821. The summed E-state index contributed by atoms with van der Waals surface area (Å²) in [7, 11) is 1.74. The fourth-order valence-corrected chi connectivity index (χ4v) is 3.01. The molecule has 0 saturated carbocycles. The molecule has 5 nitrogen and oxygen atoms in total. The highest BCUT2D eigenvalue weighted by Crippen LogP contribution is 2.26. The zero-order chi connectivity index (χ0) is 19.2. The van der Waals surface area contributed by atoms with Crippen molar-refractivity contribution in [1.29, 1.82) is 0 Å². The summed E-state index contributed by atoms with van der Waals surface area (Å²) in [4.78, 5) is 25.2. The molecule has 0 saturated heterocycles. The van der Waals surface area contributed by atoms with Crippen molar-refractivity contribution in [3.63, 3.8) is 0 Å². The van der Waals surface area contributed by atoms with Crippen LogP contribution in [0.2, 0.25) is 0 Å². The number of carbonyl (C=O) groups excluding carboxylic acids is 2. The lowest BCUT2D eigenvalue weighted by atomic mass is 10.0. The number of aryl methyl sites for hydroxylation is 1. The van der Waals surface area contributed by atoms with Gasteiger partial charge in [-0.2, -0.15) is 0 Å². The van der Waals surface area contributed by atoms with E-state index in [1.54, 1.807) is 24.1 Å². The van der Waals surface area contributed by atoms with Gasteiger partial charge in [0.15, 0.2) is 0 Å². The molecule has 0 radical (unpaired) electrons. The van der Waals surface area contributed by atoms with Crippen molar-refractivity contribution in [3.8, 4) is 5.75 Å². The summed E-state index contributed by atoms with van der Waals surface area (Å²) in [6.45, 7) is 0.901. The van der Waals surface area contributed by atoms with Gasteiger partial charge in [-0.05, 0) is 54.3 Å². The van der Waals surface area contributed by atoms with Gasteiger partial charge in [0.2, 0.25) is 11.8 Å². The smallest absolute Gasteiger partial charge is 0.224 e. The van der Waals surface area contributed by atoms with Gasteiger partial charge in [-0.1, -0.05) is 12.1 Å². The second kappa shape index (κ2) is 8.66. The van der Waals surface area contributed by atoms with Crippen LogP contribution in [0.15, 0.2) is 42.5 Å². The molecule has 2 aromatic carbocycles. The van der Waals surface area contributed by atoms with E-state index in [0.29, 0.717) is 38.8 Å².